The highest BCUT2D eigenvalue weighted by atomic mass is 35.5. The molecule has 2 heterocycles. The van der Waals surface area contributed by atoms with Gasteiger partial charge >= 0.3 is 0 Å². The van der Waals surface area contributed by atoms with Crippen LogP contribution in [-0.2, 0) is 17.4 Å². The van der Waals surface area contributed by atoms with Crippen LogP contribution in [0.15, 0.2) is 47.4 Å². The first-order valence-corrected chi connectivity index (χ1v) is 7.87. The second-order valence-corrected chi connectivity index (χ2v) is 5.67. The van der Waals surface area contributed by atoms with Crippen LogP contribution in [0.1, 0.15) is 5.56 Å². The smallest absolute Gasteiger partial charge is 0.249 e. The fourth-order valence-electron chi connectivity index (χ4n) is 2.34. The van der Waals surface area contributed by atoms with Crippen molar-refractivity contribution < 1.29 is 12.8 Å². The predicted molar refractivity (Wildman–Crippen MR) is 92.2 cm³/mol. The van der Waals surface area contributed by atoms with Crippen molar-refractivity contribution in [1.29, 1.82) is 0 Å². The second kappa shape index (κ2) is 7.52. The van der Waals surface area contributed by atoms with Gasteiger partial charge in [0, 0.05) is 29.8 Å². The van der Waals surface area contributed by atoms with Gasteiger partial charge in [0.1, 0.15) is 11.5 Å². The number of pyridine rings is 2. The van der Waals surface area contributed by atoms with Gasteiger partial charge < -0.3 is 4.98 Å². The van der Waals surface area contributed by atoms with Crippen LogP contribution in [-0.4, -0.2) is 18.4 Å². The maximum atomic E-state index is 13.8. The summed E-state index contributed by atoms with van der Waals surface area (Å²) in [7, 11) is -2.80. The average Bonchev–Trinajstić information content (AvgIpc) is 2.53. The van der Waals surface area contributed by atoms with E-state index in [0.717, 1.165) is 5.56 Å². The molecule has 6 nitrogen and oxygen atoms in total. The summed E-state index contributed by atoms with van der Waals surface area (Å²) in [6.45, 7) is -0.127. The zero-order valence-electron chi connectivity index (χ0n) is 12.2. The van der Waals surface area contributed by atoms with Gasteiger partial charge in [0.15, 0.2) is 0 Å². The average molecular weight is 370 g/mol. The van der Waals surface area contributed by atoms with Crippen LogP contribution in [0.3, 0.4) is 0 Å². The number of nitrogens with zero attached hydrogens (tertiary/aromatic N) is 1. The number of aromatic amines is 1. The lowest BCUT2D eigenvalue weighted by Gasteiger charge is -2.09. The van der Waals surface area contributed by atoms with E-state index in [0.29, 0.717) is 16.6 Å². The van der Waals surface area contributed by atoms with Crippen LogP contribution in [0.5, 0.6) is 0 Å². The summed E-state index contributed by atoms with van der Waals surface area (Å²) in [5.74, 6) is -0.495. The summed E-state index contributed by atoms with van der Waals surface area (Å²) < 4.78 is 37.2. The van der Waals surface area contributed by atoms with Crippen molar-refractivity contribution in [2.24, 2.45) is 0 Å². The van der Waals surface area contributed by atoms with Gasteiger partial charge in [-0.1, -0.05) is 6.07 Å². The zero-order valence-corrected chi connectivity index (χ0v) is 13.9. The Morgan fingerprint density at radius 3 is 2.71 bits per heavy atom. The van der Waals surface area contributed by atoms with Gasteiger partial charge in [-0.05, 0) is 35.4 Å². The summed E-state index contributed by atoms with van der Waals surface area (Å²) in [5, 5.41) is 0.715. The van der Waals surface area contributed by atoms with E-state index < -0.39 is 16.7 Å². The summed E-state index contributed by atoms with van der Waals surface area (Å²) >= 11 is 0. The van der Waals surface area contributed by atoms with Gasteiger partial charge in [0.05, 0.1) is 0 Å². The first-order chi connectivity index (χ1) is 11.0. The number of halogens is 2. The number of nitrogens with one attached hydrogen (secondary N) is 2. The summed E-state index contributed by atoms with van der Waals surface area (Å²) in [5.41, 5.74) is 1.87. The zero-order chi connectivity index (χ0) is 16.4. The Hall–Kier alpha value is -2.29. The molecule has 2 N–H and O–H groups in total. The number of aromatic nitrogens is 2. The van der Waals surface area contributed by atoms with Crippen molar-refractivity contribution in [3.05, 3.63) is 64.3 Å². The molecule has 0 radical (unpaired) electrons. The van der Waals surface area contributed by atoms with E-state index in [-0.39, 0.29) is 30.1 Å². The molecule has 0 spiro atoms. The highest BCUT2D eigenvalue weighted by Crippen LogP contribution is 2.27. The maximum absolute atomic E-state index is 13.8. The van der Waals surface area contributed by atoms with Crippen molar-refractivity contribution in [1.82, 2.24) is 14.7 Å². The molecule has 0 atom stereocenters. The van der Waals surface area contributed by atoms with Crippen molar-refractivity contribution in [2.75, 3.05) is 0 Å². The van der Waals surface area contributed by atoms with Gasteiger partial charge in [-0.3, -0.25) is 4.79 Å². The molecule has 126 valence electrons. The van der Waals surface area contributed by atoms with Gasteiger partial charge in [0.2, 0.25) is 16.4 Å². The number of benzene rings is 1. The van der Waals surface area contributed by atoms with E-state index in [9.17, 15) is 17.6 Å². The standard InChI is InChI=1S/C15H12FN3O3S.ClH/c16-13-3-1-9(7-10(13)8-18-23(21)22)11-5-6-17-15-12(11)2-4-14(20)19-15;/h1-7,23H,8H2,(H,17,19,20)(H,18,21,22);1H. The Bertz CT molecular complexity index is 1010. The van der Waals surface area contributed by atoms with Gasteiger partial charge in [-0.25, -0.2) is 22.5 Å². The molecule has 0 saturated carbocycles. The van der Waals surface area contributed by atoms with Crippen LogP contribution in [0, 0.1) is 5.82 Å². The molecule has 0 amide bonds. The van der Waals surface area contributed by atoms with Crippen LogP contribution >= 0.6 is 12.4 Å². The van der Waals surface area contributed by atoms with Gasteiger partial charge in [-0.2, -0.15) is 0 Å². The quantitative estimate of drug-likeness (QED) is 0.611. The summed E-state index contributed by atoms with van der Waals surface area (Å²) in [6, 6.07) is 9.23. The molecule has 0 aliphatic heterocycles. The van der Waals surface area contributed by atoms with E-state index in [1.807, 2.05) is 0 Å². The number of hydrogen-bond acceptors (Lipinski definition) is 4. The van der Waals surface area contributed by atoms with E-state index in [1.54, 1.807) is 30.5 Å². The van der Waals surface area contributed by atoms with Crippen molar-refractivity contribution in [2.45, 2.75) is 6.54 Å². The Morgan fingerprint density at radius 2 is 1.96 bits per heavy atom. The van der Waals surface area contributed by atoms with Crippen LogP contribution < -0.4 is 10.3 Å². The van der Waals surface area contributed by atoms with E-state index in [1.165, 1.54) is 12.1 Å². The summed E-state index contributed by atoms with van der Waals surface area (Å²) in [6.07, 6.45) is 1.55. The Labute approximate surface area is 144 Å². The van der Waals surface area contributed by atoms with Gasteiger partial charge in [0.25, 0.3) is 0 Å². The molecule has 0 unspecified atom stereocenters. The van der Waals surface area contributed by atoms with Crippen molar-refractivity contribution in [3.8, 4) is 11.1 Å². The highest BCUT2D eigenvalue weighted by Gasteiger charge is 2.09. The molecule has 2 aromatic heterocycles. The molecule has 24 heavy (non-hydrogen) atoms. The molecule has 0 aliphatic rings. The lowest BCUT2D eigenvalue weighted by atomic mass is 10.0. The van der Waals surface area contributed by atoms with E-state index >= 15 is 0 Å². The molecule has 0 saturated heterocycles. The molecule has 0 fully saturated rings. The second-order valence-electron chi connectivity index (χ2n) is 4.84. The SMILES string of the molecule is Cl.O=c1ccc2c(-c3ccc(F)c(CN[SH](=O)=O)c3)ccnc2[nH]1. The number of rotatable bonds is 4. The fourth-order valence-corrected chi connectivity index (χ4v) is 2.64. The molecule has 0 bridgehead atoms. The molecule has 3 aromatic rings. The molecule has 9 heteroatoms. The number of fused-ring (bicyclic) bond motifs is 1. The van der Waals surface area contributed by atoms with Crippen molar-refractivity contribution in [3.63, 3.8) is 0 Å². The van der Waals surface area contributed by atoms with Crippen LogP contribution in [0.25, 0.3) is 22.2 Å². The van der Waals surface area contributed by atoms with E-state index in [2.05, 4.69) is 14.7 Å². The topological polar surface area (TPSA) is 91.9 Å². The fraction of sp³-hybridized carbons (Fsp3) is 0.0667. The molecule has 3 rings (SSSR count). The monoisotopic (exact) mass is 369 g/mol. The highest BCUT2D eigenvalue weighted by molar-refractivity contribution is 7.70. The number of hydrogen-bond donors (Lipinski definition) is 3. The Balaban J connectivity index is 0.00000208. The molecule has 0 aliphatic carbocycles. The van der Waals surface area contributed by atoms with Crippen molar-refractivity contribution >= 4 is 34.3 Å². The molecule has 1 aromatic carbocycles. The minimum absolute atomic E-state index is 0. The largest absolute Gasteiger partial charge is 0.307 e. The van der Waals surface area contributed by atoms with Crippen LogP contribution in [0.4, 0.5) is 4.39 Å². The Morgan fingerprint density at radius 1 is 1.17 bits per heavy atom. The minimum atomic E-state index is -2.80. The normalized spacial score (nSPS) is 10.8. The maximum Gasteiger partial charge on any atom is 0.249 e. The predicted octanol–water partition coefficient (Wildman–Crippen LogP) is 1.77. The third-order valence-corrected chi connectivity index (χ3v) is 3.80. The number of thiol groups is 1. The molecular weight excluding hydrogens is 357 g/mol. The lowest BCUT2D eigenvalue weighted by molar-refractivity contribution is 0.590. The third-order valence-electron chi connectivity index (χ3n) is 3.39. The Kier molecular flexibility index (Phi) is 5.66. The number of H-pyrrole nitrogens is 1. The first kappa shape index (κ1) is 18.1. The minimum Gasteiger partial charge on any atom is -0.307 e. The third kappa shape index (κ3) is 3.78. The van der Waals surface area contributed by atoms with Crippen LogP contribution in [0.2, 0.25) is 0 Å². The van der Waals surface area contributed by atoms with Gasteiger partial charge in [-0.15, -0.1) is 12.4 Å². The first-order valence-electron chi connectivity index (χ1n) is 6.69. The molecular formula is C15H13ClFN3O3S. The lowest BCUT2D eigenvalue weighted by Crippen LogP contribution is -2.11. The summed E-state index contributed by atoms with van der Waals surface area (Å²) in [4.78, 5) is 18.1. The van der Waals surface area contributed by atoms with E-state index in [4.69, 9.17) is 0 Å².